The van der Waals surface area contributed by atoms with Crippen molar-refractivity contribution in [1.82, 2.24) is 5.32 Å². The largest absolute Gasteiger partial charge is 0.480 e. The zero-order valence-electron chi connectivity index (χ0n) is 10.4. The molecule has 5 nitrogen and oxygen atoms in total. The molecule has 18 heavy (non-hydrogen) atoms. The van der Waals surface area contributed by atoms with Crippen LogP contribution in [0.1, 0.15) is 36.1 Å². The Morgan fingerprint density at radius 3 is 2.78 bits per heavy atom. The van der Waals surface area contributed by atoms with Crippen LogP contribution >= 0.6 is 11.8 Å². The quantitative estimate of drug-likeness (QED) is 0.794. The van der Waals surface area contributed by atoms with E-state index in [0.29, 0.717) is 24.4 Å². The monoisotopic (exact) mass is 271 g/mol. The molecular formula is C12H17NO4S. The van der Waals surface area contributed by atoms with Crippen molar-refractivity contribution in [2.45, 2.75) is 31.6 Å². The lowest BCUT2D eigenvalue weighted by atomic mass is 10.1. The Labute approximate surface area is 110 Å². The lowest BCUT2D eigenvalue weighted by Crippen LogP contribution is -2.40. The molecule has 1 atom stereocenters. The highest BCUT2D eigenvalue weighted by atomic mass is 32.2. The molecule has 0 fully saturated rings. The van der Waals surface area contributed by atoms with Gasteiger partial charge in [0.25, 0.3) is 5.91 Å². The number of hydrogen-bond donors (Lipinski definition) is 2. The Balaban J connectivity index is 2.64. The number of carboxylic acids is 1. The van der Waals surface area contributed by atoms with Gasteiger partial charge in [-0.05, 0) is 24.8 Å². The van der Waals surface area contributed by atoms with Crippen LogP contribution in [0.5, 0.6) is 0 Å². The van der Waals surface area contributed by atoms with E-state index in [1.54, 1.807) is 23.9 Å². The molecule has 6 heteroatoms. The SMILES string of the molecule is CCC[C@@H](NC(=O)c1ccc(CSC)o1)C(=O)O. The van der Waals surface area contributed by atoms with Crippen LogP contribution in [0.4, 0.5) is 0 Å². The van der Waals surface area contributed by atoms with E-state index in [2.05, 4.69) is 5.32 Å². The van der Waals surface area contributed by atoms with Gasteiger partial charge in [0.15, 0.2) is 5.76 Å². The van der Waals surface area contributed by atoms with Crippen molar-refractivity contribution < 1.29 is 19.1 Å². The minimum Gasteiger partial charge on any atom is -0.480 e. The summed E-state index contributed by atoms with van der Waals surface area (Å²) in [5, 5.41) is 11.4. The van der Waals surface area contributed by atoms with E-state index in [-0.39, 0.29) is 5.76 Å². The van der Waals surface area contributed by atoms with E-state index in [1.165, 1.54) is 0 Å². The van der Waals surface area contributed by atoms with Gasteiger partial charge in [-0.25, -0.2) is 4.79 Å². The first-order valence-corrected chi connectivity index (χ1v) is 7.09. The van der Waals surface area contributed by atoms with Gasteiger partial charge in [0, 0.05) is 0 Å². The Bertz CT molecular complexity index is 416. The van der Waals surface area contributed by atoms with Gasteiger partial charge < -0.3 is 14.8 Å². The van der Waals surface area contributed by atoms with Crippen molar-refractivity contribution in [3.63, 3.8) is 0 Å². The molecule has 0 aromatic carbocycles. The van der Waals surface area contributed by atoms with Crippen LogP contribution in [0, 0.1) is 0 Å². The summed E-state index contributed by atoms with van der Waals surface area (Å²) in [5.74, 6) is 0.0330. The predicted molar refractivity (Wildman–Crippen MR) is 69.7 cm³/mol. The third-order valence-corrected chi connectivity index (χ3v) is 2.93. The second kappa shape index (κ2) is 7.10. The zero-order chi connectivity index (χ0) is 13.5. The van der Waals surface area contributed by atoms with Crippen LogP contribution in [-0.2, 0) is 10.5 Å². The maximum Gasteiger partial charge on any atom is 0.326 e. The van der Waals surface area contributed by atoms with E-state index in [4.69, 9.17) is 9.52 Å². The van der Waals surface area contributed by atoms with Crippen LogP contribution in [0.25, 0.3) is 0 Å². The first-order valence-electron chi connectivity index (χ1n) is 5.69. The lowest BCUT2D eigenvalue weighted by molar-refractivity contribution is -0.139. The van der Waals surface area contributed by atoms with Crippen LogP contribution in [0.15, 0.2) is 16.5 Å². The first-order chi connectivity index (χ1) is 8.58. The average Bonchev–Trinajstić information content (AvgIpc) is 2.77. The molecule has 1 aromatic heterocycles. The number of aliphatic carboxylic acids is 1. The summed E-state index contributed by atoms with van der Waals surface area (Å²) >= 11 is 1.59. The fraction of sp³-hybridized carbons (Fsp3) is 0.500. The third-order valence-electron chi connectivity index (χ3n) is 2.35. The maximum absolute atomic E-state index is 11.8. The Hall–Kier alpha value is -1.43. The van der Waals surface area contributed by atoms with Gasteiger partial charge >= 0.3 is 5.97 Å². The van der Waals surface area contributed by atoms with E-state index >= 15 is 0 Å². The predicted octanol–water partition coefficient (Wildman–Crippen LogP) is 2.13. The standard InChI is InChI=1S/C12H17NO4S/c1-3-4-9(12(15)16)13-11(14)10-6-5-8(17-10)7-18-2/h5-6,9H,3-4,7H2,1-2H3,(H,13,14)(H,15,16)/t9-/m1/s1. The summed E-state index contributed by atoms with van der Waals surface area (Å²) in [5.41, 5.74) is 0. The van der Waals surface area contributed by atoms with Crippen molar-refractivity contribution in [2.75, 3.05) is 6.26 Å². The zero-order valence-corrected chi connectivity index (χ0v) is 11.3. The molecule has 1 rings (SSSR count). The summed E-state index contributed by atoms with van der Waals surface area (Å²) in [6, 6.07) is 2.42. The fourth-order valence-corrected chi connectivity index (χ4v) is 1.93. The number of nitrogens with one attached hydrogen (secondary N) is 1. The van der Waals surface area contributed by atoms with Crippen molar-refractivity contribution in [1.29, 1.82) is 0 Å². The van der Waals surface area contributed by atoms with Gasteiger partial charge in [0.2, 0.25) is 0 Å². The summed E-state index contributed by atoms with van der Waals surface area (Å²) in [4.78, 5) is 22.7. The third kappa shape index (κ3) is 4.10. The van der Waals surface area contributed by atoms with Gasteiger partial charge in [0.05, 0.1) is 5.75 Å². The van der Waals surface area contributed by atoms with Crippen LogP contribution in [-0.4, -0.2) is 29.3 Å². The van der Waals surface area contributed by atoms with Gasteiger partial charge in [-0.1, -0.05) is 13.3 Å². The summed E-state index contributed by atoms with van der Waals surface area (Å²) in [7, 11) is 0. The molecule has 100 valence electrons. The second-order valence-corrected chi connectivity index (χ2v) is 4.72. The molecule has 0 radical (unpaired) electrons. The number of thioether (sulfide) groups is 1. The van der Waals surface area contributed by atoms with Crippen molar-refractivity contribution in [3.8, 4) is 0 Å². The maximum atomic E-state index is 11.8. The lowest BCUT2D eigenvalue weighted by Gasteiger charge is -2.12. The molecule has 0 saturated heterocycles. The molecule has 1 heterocycles. The minimum absolute atomic E-state index is 0.154. The summed E-state index contributed by atoms with van der Waals surface area (Å²) < 4.78 is 5.32. The molecule has 0 saturated carbocycles. The van der Waals surface area contributed by atoms with E-state index in [9.17, 15) is 9.59 Å². The molecule has 0 aliphatic rings. The number of carbonyl (C=O) groups excluding carboxylic acids is 1. The molecular weight excluding hydrogens is 254 g/mol. The minimum atomic E-state index is -1.03. The van der Waals surface area contributed by atoms with Gasteiger partial charge in [-0.3, -0.25) is 4.79 Å². The van der Waals surface area contributed by atoms with E-state index < -0.39 is 17.9 Å². The van der Waals surface area contributed by atoms with Gasteiger partial charge in [-0.2, -0.15) is 11.8 Å². The Morgan fingerprint density at radius 2 is 2.22 bits per heavy atom. The highest BCUT2D eigenvalue weighted by Gasteiger charge is 2.21. The number of amides is 1. The molecule has 0 spiro atoms. The van der Waals surface area contributed by atoms with E-state index in [0.717, 1.165) is 0 Å². The van der Waals surface area contributed by atoms with Crippen molar-refractivity contribution >= 4 is 23.6 Å². The molecule has 0 aliphatic carbocycles. The Kier molecular flexibility index (Phi) is 5.77. The Morgan fingerprint density at radius 1 is 1.50 bits per heavy atom. The summed E-state index contributed by atoms with van der Waals surface area (Å²) in [6.07, 6.45) is 3.02. The van der Waals surface area contributed by atoms with Crippen LogP contribution in [0.3, 0.4) is 0 Å². The molecule has 1 amide bonds. The van der Waals surface area contributed by atoms with Crippen LogP contribution < -0.4 is 5.32 Å². The number of furan rings is 1. The molecule has 1 aromatic rings. The highest BCUT2D eigenvalue weighted by molar-refractivity contribution is 7.97. The van der Waals surface area contributed by atoms with Gasteiger partial charge in [0.1, 0.15) is 11.8 Å². The molecule has 0 aliphatic heterocycles. The molecule has 2 N–H and O–H groups in total. The average molecular weight is 271 g/mol. The highest BCUT2D eigenvalue weighted by Crippen LogP contribution is 2.13. The smallest absolute Gasteiger partial charge is 0.326 e. The van der Waals surface area contributed by atoms with Gasteiger partial charge in [-0.15, -0.1) is 0 Å². The number of carbonyl (C=O) groups is 2. The fourth-order valence-electron chi connectivity index (χ4n) is 1.50. The molecule has 0 unspecified atom stereocenters. The van der Waals surface area contributed by atoms with Crippen molar-refractivity contribution in [2.24, 2.45) is 0 Å². The van der Waals surface area contributed by atoms with E-state index in [1.807, 2.05) is 13.2 Å². The topological polar surface area (TPSA) is 79.5 Å². The first kappa shape index (κ1) is 14.6. The van der Waals surface area contributed by atoms with Crippen molar-refractivity contribution in [3.05, 3.63) is 23.7 Å². The summed E-state index contributed by atoms with van der Waals surface area (Å²) in [6.45, 7) is 1.87. The number of carboxylic acid groups (broad SMARTS) is 1. The number of rotatable bonds is 7. The number of hydrogen-bond acceptors (Lipinski definition) is 4. The van der Waals surface area contributed by atoms with Crippen LogP contribution in [0.2, 0.25) is 0 Å². The second-order valence-electron chi connectivity index (χ2n) is 3.85. The normalized spacial score (nSPS) is 12.1. The molecule has 0 bridgehead atoms.